The standard InChI is InChI=1S/C18H24FN3O/c1-21-10-17(20-13-21)11-22-7-6-15(18(12-22)23-2)8-14-4-3-5-16(19)9-14/h3-5,9-10,13,15,18H,6-8,11-12H2,1-2H3/t15-,18-/m1/s1. The number of halogens is 1. The smallest absolute Gasteiger partial charge is 0.123 e. The highest BCUT2D eigenvalue weighted by atomic mass is 19.1. The highest BCUT2D eigenvalue weighted by molar-refractivity contribution is 5.17. The number of piperidine rings is 1. The lowest BCUT2D eigenvalue weighted by molar-refractivity contribution is -0.0139. The third kappa shape index (κ3) is 4.18. The molecule has 0 saturated carbocycles. The van der Waals surface area contributed by atoms with E-state index in [1.165, 1.54) is 6.07 Å². The molecule has 1 aliphatic rings. The van der Waals surface area contributed by atoms with Crippen LogP contribution in [0.25, 0.3) is 0 Å². The molecule has 1 saturated heterocycles. The minimum absolute atomic E-state index is 0.163. The Balaban J connectivity index is 1.60. The number of ether oxygens (including phenoxy) is 1. The monoisotopic (exact) mass is 317 g/mol. The number of hydrogen-bond acceptors (Lipinski definition) is 3. The van der Waals surface area contributed by atoms with Gasteiger partial charge >= 0.3 is 0 Å². The Hall–Kier alpha value is -1.72. The molecular weight excluding hydrogens is 293 g/mol. The molecule has 0 spiro atoms. The number of likely N-dealkylation sites (tertiary alicyclic amines) is 1. The second-order valence-corrected chi connectivity index (χ2v) is 6.42. The van der Waals surface area contributed by atoms with Gasteiger partial charge in [0.15, 0.2) is 0 Å². The van der Waals surface area contributed by atoms with Crippen molar-refractivity contribution in [3.05, 3.63) is 53.9 Å². The van der Waals surface area contributed by atoms with Gasteiger partial charge < -0.3 is 9.30 Å². The zero-order valence-electron chi connectivity index (χ0n) is 13.8. The summed E-state index contributed by atoms with van der Waals surface area (Å²) in [5.74, 6) is 0.269. The molecule has 23 heavy (non-hydrogen) atoms. The average molecular weight is 317 g/mol. The number of aryl methyl sites for hydroxylation is 1. The fraction of sp³-hybridized carbons (Fsp3) is 0.500. The van der Waals surface area contributed by atoms with Crippen molar-refractivity contribution in [2.24, 2.45) is 13.0 Å². The predicted molar refractivity (Wildman–Crippen MR) is 87.5 cm³/mol. The Morgan fingerprint density at radius 3 is 2.96 bits per heavy atom. The third-order valence-electron chi connectivity index (χ3n) is 4.61. The predicted octanol–water partition coefficient (Wildman–Crippen LogP) is 2.64. The van der Waals surface area contributed by atoms with E-state index in [0.29, 0.717) is 5.92 Å². The minimum Gasteiger partial charge on any atom is -0.380 e. The average Bonchev–Trinajstić information content (AvgIpc) is 2.94. The van der Waals surface area contributed by atoms with E-state index in [4.69, 9.17) is 4.74 Å². The lowest BCUT2D eigenvalue weighted by Gasteiger charge is -2.37. The van der Waals surface area contributed by atoms with Gasteiger partial charge in [-0.2, -0.15) is 0 Å². The van der Waals surface area contributed by atoms with Crippen molar-refractivity contribution in [2.45, 2.75) is 25.5 Å². The number of rotatable bonds is 5. The maximum absolute atomic E-state index is 13.4. The minimum atomic E-state index is -0.163. The van der Waals surface area contributed by atoms with Crippen molar-refractivity contribution in [2.75, 3.05) is 20.2 Å². The molecule has 0 aliphatic carbocycles. The van der Waals surface area contributed by atoms with E-state index in [0.717, 1.165) is 43.7 Å². The SMILES string of the molecule is CO[C@@H]1CN(Cc2cn(C)cn2)CC[C@@H]1Cc1cccc(F)c1. The molecule has 1 aliphatic heterocycles. The summed E-state index contributed by atoms with van der Waals surface area (Å²) in [6.45, 7) is 2.77. The Morgan fingerprint density at radius 1 is 1.39 bits per heavy atom. The molecule has 1 aromatic carbocycles. The molecule has 124 valence electrons. The Bertz CT molecular complexity index is 643. The Labute approximate surface area is 136 Å². The van der Waals surface area contributed by atoms with Gasteiger partial charge in [0.05, 0.1) is 18.1 Å². The van der Waals surface area contributed by atoms with Gasteiger partial charge in [0.1, 0.15) is 5.82 Å². The van der Waals surface area contributed by atoms with E-state index < -0.39 is 0 Å². The first-order valence-electron chi connectivity index (χ1n) is 8.10. The van der Waals surface area contributed by atoms with Gasteiger partial charge in [-0.1, -0.05) is 12.1 Å². The summed E-state index contributed by atoms with van der Waals surface area (Å²) in [5.41, 5.74) is 2.14. The fourth-order valence-electron chi connectivity index (χ4n) is 3.42. The second-order valence-electron chi connectivity index (χ2n) is 6.42. The summed E-state index contributed by atoms with van der Waals surface area (Å²) in [7, 11) is 3.76. The van der Waals surface area contributed by atoms with Crippen LogP contribution < -0.4 is 0 Å². The molecule has 0 N–H and O–H groups in total. The van der Waals surface area contributed by atoms with Crippen molar-refractivity contribution in [1.82, 2.24) is 14.5 Å². The summed E-state index contributed by atoms with van der Waals surface area (Å²) >= 11 is 0. The number of imidazole rings is 1. The van der Waals surface area contributed by atoms with Crippen LogP contribution in [0.5, 0.6) is 0 Å². The molecule has 5 heteroatoms. The molecule has 3 rings (SSSR count). The number of aromatic nitrogens is 2. The zero-order chi connectivity index (χ0) is 16.2. The number of benzene rings is 1. The number of methoxy groups -OCH3 is 1. The topological polar surface area (TPSA) is 30.3 Å². The molecule has 4 nitrogen and oxygen atoms in total. The van der Waals surface area contributed by atoms with E-state index in [-0.39, 0.29) is 11.9 Å². The lowest BCUT2D eigenvalue weighted by Crippen LogP contribution is -2.45. The Kier molecular flexibility index (Phi) is 5.08. The molecule has 0 radical (unpaired) electrons. The summed E-state index contributed by atoms with van der Waals surface area (Å²) in [6.07, 6.45) is 5.99. The third-order valence-corrected chi connectivity index (χ3v) is 4.61. The normalized spacial score (nSPS) is 22.4. The van der Waals surface area contributed by atoms with Crippen molar-refractivity contribution >= 4 is 0 Å². The van der Waals surface area contributed by atoms with Crippen LogP contribution in [0.1, 0.15) is 17.7 Å². The molecule has 2 aromatic rings. The van der Waals surface area contributed by atoms with Crippen LogP contribution in [-0.2, 0) is 24.8 Å². The van der Waals surface area contributed by atoms with Gasteiger partial charge in [-0.15, -0.1) is 0 Å². The number of hydrogen-bond donors (Lipinski definition) is 0. The van der Waals surface area contributed by atoms with Crippen molar-refractivity contribution < 1.29 is 9.13 Å². The molecule has 2 heterocycles. The summed E-state index contributed by atoms with van der Waals surface area (Å²) in [6, 6.07) is 6.90. The van der Waals surface area contributed by atoms with Crippen LogP contribution >= 0.6 is 0 Å². The lowest BCUT2D eigenvalue weighted by atomic mass is 9.87. The maximum atomic E-state index is 13.4. The van der Waals surface area contributed by atoms with Crippen molar-refractivity contribution in [3.8, 4) is 0 Å². The van der Waals surface area contributed by atoms with Crippen LogP contribution in [0.4, 0.5) is 4.39 Å². The second kappa shape index (κ2) is 7.23. The molecular formula is C18H24FN3O. The summed E-state index contributed by atoms with van der Waals surface area (Å²) in [5, 5.41) is 0. The largest absolute Gasteiger partial charge is 0.380 e. The van der Waals surface area contributed by atoms with Crippen LogP contribution in [0.3, 0.4) is 0 Å². The molecule has 1 aromatic heterocycles. The van der Waals surface area contributed by atoms with E-state index in [2.05, 4.69) is 16.1 Å². The molecule has 0 unspecified atom stereocenters. The molecule has 0 bridgehead atoms. The highest BCUT2D eigenvalue weighted by Crippen LogP contribution is 2.25. The van der Waals surface area contributed by atoms with Crippen LogP contribution in [0.15, 0.2) is 36.8 Å². The van der Waals surface area contributed by atoms with Crippen LogP contribution in [0.2, 0.25) is 0 Å². The van der Waals surface area contributed by atoms with Crippen molar-refractivity contribution in [1.29, 1.82) is 0 Å². The molecule has 0 amide bonds. The van der Waals surface area contributed by atoms with E-state index in [1.807, 2.05) is 24.0 Å². The van der Waals surface area contributed by atoms with Gasteiger partial charge in [0.2, 0.25) is 0 Å². The van der Waals surface area contributed by atoms with Gasteiger partial charge in [-0.25, -0.2) is 9.37 Å². The maximum Gasteiger partial charge on any atom is 0.123 e. The summed E-state index contributed by atoms with van der Waals surface area (Å²) in [4.78, 5) is 6.78. The summed E-state index contributed by atoms with van der Waals surface area (Å²) < 4.78 is 21.0. The van der Waals surface area contributed by atoms with E-state index >= 15 is 0 Å². The van der Waals surface area contributed by atoms with Gasteiger partial charge in [-0.05, 0) is 43.0 Å². The van der Waals surface area contributed by atoms with Crippen LogP contribution in [-0.4, -0.2) is 40.8 Å². The van der Waals surface area contributed by atoms with Gasteiger partial charge in [-0.3, -0.25) is 4.90 Å². The zero-order valence-corrected chi connectivity index (χ0v) is 13.8. The first-order chi connectivity index (χ1) is 11.1. The van der Waals surface area contributed by atoms with Gasteiger partial charge in [0, 0.05) is 33.4 Å². The fourth-order valence-corrected chi connectivity index (χ4v) is 3.42. The highest BCUT2D eigenvalue weighted by Gasteiger charge is 2.29. The van der Waals surface area contributed by atoms with Crippen molar-refractivity contribution in [3.63, 3.8) is 0 Å². The van der Waals surface area contributed by atoms with Gasteiger partial charge in [0.25, 0.3) is 0 Å². The van der Waals surface area contributed by atoms with Crippen LogP contribution in [0, 0.1) is 11.7 Å². The first-order valence-corrected chi connectivity index (χ1v) is 8.10. The Morgan fingerprint density at radius 2 is 2.26 bits per heavy atom. The quantitative estimate of drug-likeness (QED) is 0.849. The van der Waals surface area contributed by atoms with E-state index in [9.17, 15) is 4.39 Å². The number of nitrogens with zero attached hydrogens (tertiary/aromatic N) is 3. The molecule has 2 atom stereocenters. The van der Waals surface area contributed by atoms with E-state index in [1.54, 1.807) is 19.2 Å². The first kappa shape index (κ1) is 16.1. The molecule has 1 fully saturated rings.